The van der Waals surface area contributed by atoms with Gasteiger partial charge in [-0.15, -0.1) is 0 Å². The number of benzene rings is 1. The van der Waals surface area contributed by atoms with Crippen molar-refractivity contribution in [2.24, 2.45) is 11.3 Å². The molecule has 0 amide bonds. The van der Waals surface area contributed by atoms with Gasteiger partial charge in [-0.2, -0.15) is 0 Å². The SMILES string of the molecule is CC[Si](CC)(CC)O/C1=C(\C)[C@@H]([C@]2(OC(C)=O)CO[C@@H]2CCO)[C@H](OC(=O)c2ccccc2)[C@]2(O)C[C@H](O)C(C)=C(C1=O)C2(C)C. The largest absolute Gasteiger partial charge is 0.541 e. The van der Waals surface area contributed by atoms with Crippen LogP contribution in [0.1, 0.15) is 78.6 Å². The Labute approximate surface area is 272 Å². The molecule has 0 aromatic heterocycles. The van der Waals surface area contributed by atoms with E-state index in [4.69, 9.17) is 18.6 Å². The van der Waals surface area contributed by atoms with Gasteiger partial charge >= 0.3 is 11.9 Å². The van der Waals surface area contributed by atoms with E-state index >= 15 is 0 Å². The fraction of sp³-hybridized carbons (Fsp3) is 0.629. The zero-order valence-corrected chi connectivity index (χ0v) is 29.3. The lowest BCUT2D eigenvalue weighted by atomic mass is 9.53. The molecule has 1 aromatic carbocycles. The van der Waals surface area contributed by atoms with Crippen molar-refractivity contribution in [1.29, 1.82) is 0 Å². The van der Waals surface area contributed by atoms with Gasteiger partial charge in [0.2, 0.25) is 5.78 Å². The maximum Gasteiger partial charge on any atom is 0.338 e. The number of hydrogen-bond donors (Lipinski definition) is 3. The normalized spacial score (nSPS) is 32.6. The summed E-state index contributed by atoms with van der Waals surface area (Å²) in [5.74, 6) is -2.93. The third-order valence-electron chi connectivity index (χ3n) is 10.9. The summed E-state index contributed by atoms with van der Waals surface area (Å²) in [6.45, 7) is 13.7. The van der Waals surface area contributed by atoms with E-state index in [9.17, 15) is 29.7 Å². The first kappa shape index (κ1) is 36.0. The molecule has 2 aliphatic carbocycles. The maximum absolute atomic E-state index is 14.9. The van der Waals surface area contributed by atoms with Gasteiger partial charge < -0.3 is 34.0 Å². The molecule has 0 spiro atoms. The molecule has 2 bridgehead atoms. The van der Waals surface area contributed by atoms with E-state index in [2.05, 4.69) is 0 Å². The van der Waals surface area contributed by atoms with E-state index < -0.39 is 66.9 Å². The molecule has 3 aliphatic rings. The first-order chi connectivity index (χ1) is 21.6. The Kier molecular flexibility index (Phi) is 10.4. The highest BCUT2D eigenvalue weighted by atomic mass is 28.4. The van der Waals surface area contributed by atoms with Crippen molar-refractivity contribution in [3.63, 3.8) is 0 Å². The van der Waals surface area contributed by atoms with Crippen molar-refractivity contribution in [3.8, 4) is 0 Å². The van der Waals surface area contributed by atoms with Crippen molar-refractivity contribution in [3.05, 3.63) is 58.4 Å². The summed E-state index contributed by atoms with van der Waals surface area (Å²) in [6, 6.07) is 10.5. The number of aliphatic hydroxyl groups excluding tert-OH is 2. The van der Waals surface area contributed by atoms with Crippen molar-refractivity contribution in [1.82, 2.24) is 0 Å². The second-order valence-electron chi connectivity index (χ2n) is 13.5. The molecule has 0 saturated carbocycles. The summed E-state index contributed by atoms with van der Waals surface area (Å²) in [7, 11) is -2.54. The smallest absolute Gasteiger partial charge is 0.338 e. The van der Waals surface area contributed by atoms with Crippen LogP contribution in [0.2, 0.25) is 18.1 Å². The number of carbonyl (C=O) groups excluding carboxylic acids is 3. The van der Waals surface area contributed by atoms with Gasteiger partial charge in [-0.05, 0) is 55.3 Å². The quantitative estimate of drug-likeness (QED) is 0.227. The second-order valence-corrected chi connectivity index (χ2v) is 18.2. The zero-order chi connectivity index (χ0) is 34.2. The highest BCUT2D eigenvalue weighted by molar-refractivity contribution is 6.74. The Morgan fingerprint density at radius 1 is 1.04 bits per heavy atom. The monoisotopic (exact) mass is 658 g/mol. The number of rotatable bonds is 11. The van der Waals surface area contributed by atoms with Crippen LogP contribution in [0.3, 0.4) is 0 Å². The minimum Gasteiger partial charge on any atom is -0.541 e. The summed E-state index contributed by atoms with van der Waals surface area (Å²) >= 11 is 0. The predicted octanol–water partition coefficient (Wildman–Crippen LogP) is 4.63. The standard InChI is InChI=1S/C35H50O10Si/c1-9-46(10-2,11-3)45-30-22(5)28(34(44-23(6)37)20-42-26(34)17-18-36)31(43-32(40)24-15-13-12-14-16-24)35(41)19-25(38)21(4)27(29(30)39)33(35,7)8/h12-16,25-26,28,31,36,38,41H,9-11,17-20H2,1-8H3/b30-22+/t25-,26+,28+,31-,34-,35+/m0/s1. The maximum atomic E-state index is 14.9. The van der Waals surface area contributed by atoms with E-state index in [0.717, 1.165) is 18.1 Å². The number of allylic oxidation sites excluding steroid dienone is 1. The van der Waals surface area contributed by atoms with Gasteiger partial charge in [-0.3, -0.25) is 9.59 Å². The Hall–Kier alpha value is -2.83. The Bertz CT molecular complexity index is 1390. The van der Waals surface area contributed by atoms with Gasteiger partial charge in [-0.25, -0.2) is 4.79 Å². The predicted molar refractivity (Wildman–Crippen MR) is 173 cm³/mol. The summed E-state index contributed by atoms with van der Waals surface area (Å²) in [4.78, 5) is 41.6. The molecule has 4 rings (SSSR count). The third kappa shape index (κ3) is 5.78. The van der Waals surface area contributed by atoms with E-state index in [0.29, 0.717) is 11.1 Å². The highest BCUT2D eigenvalue weighted by Gasteiger charge is 2.69. The summed E-state index contributed by atoms with van der Waals surface area (Å²) in [5.41, 5.74) is -3.75. The molecular weight excluding hydrogens is 608 g/mol. The lowest BCUT2D eigenvalue weighted by Gasteiger charge is -2.60. The number of ketones is 1. The average molecular weight is 659 g/mol. The first-order valence-electron chi connectivity index (χ1n) is 16.3. The fourth-order valence-electron chi connectivity index (χ4n) is 7.83. The van der Waals surface area contributed by atoms with Crippen molar-refractivity contribution in [2.45, 2.75) is 116 Å². The van der Waals surface area contributed by atoms with Gasteiger partial charge in [-0.1, -0.05) is 52.8 Å². The van der Waals surface area contributed by atoms with Crippen LogP contribution in [-0.2, 0) is 28.2 Å². The lowest BCUT2D eigenvalue weighted by Crippen LogP contribution is -2.73. The minimum atomic E-state index is -2.54. The van der Waals surface area contributed by atoms with Gasteiger partial charge in [0, 0.05) is 37.4 Å². The molecule has 0 radical (unpaired) electrons. The highest BCUT2D eigenvalue weighted by Crippen LogP contribution is 2.58. The Balaban J connectivity index is 2.13. The molecule has 3 N–H and O–H groups in total. The van der Waals surface area contributed by atoms with Crippen LogP contribution in [0.5, 0.6) is 0 Å². The number of Topliss-reactive ketones (excluding diaryl/α,β-unsaturated/α-hetero) is 1. The average Bonchev–Trinajstić information content (AvgIpc) is 3.01. The van der Waals surface area contributed by atoms with Gasteiger partial charge in [0.15, 0.2) is 11.4 Å². The van der Waals surface area contributed by atoms with Crippen molar-refractivity contribution in [2.75, 3.05) is 13.2 Å². The lowest BCUT2D eigenvalue weighted by molar-refractivity contribution is -0.295. The Morgan fingerprint density at radius 3 is 2.15 bits per heavy atom. The fourth-order valence-corrected chi connectivity index (χ4v) is 10.5. The van der Waals surface area contributed by atoms with Gasteiger partial charge in [0.05, 0.1) is 24.2 Å². The Morgan fingerprint density at radius 2 is 1.65 bits per heavy atom. The molecular formula is C35H50O10Si. The summed E-state index contributed by atoms with van der Waals surface area (Å²) in [5, 5.41) is 34.4. The summed E-state index contributed by atoms with van der Waals surface area (Å²) < 4.78 is 25.3. The molecule has 254 valence electrons. The van der Waals surface area contributed by atoms with Crippen LogP contribution in [0.15, 0.2) is 52.8 Å². The molecule has 46 heavy (non-hydrogen) atoms. The van der Waals surface area contributed by atoms with Crippen molar-refractivity contribution >= 4 is 26.0 Å². The van der Waals surface area contributed by atoms with E-state index in [-0.39, 0.29) is 43.0 Å². The number of aliphatic hydroxyl groups is 3. The topological polar surface area (TPSA) is 149 Å². The molecule has 0 unspecified atom stereocenters. The van der Waals surface area contributed by atoms with Gasteiger partial charge in [0.25, 0.3) is 8.32 Å². The molecule has 1 saturated heterocycles. The number of carbonyl (C=O) groups is 3. The van der Waals surface area contributed by atoms with E-state index in [1.165, 1.54) is 6.92 Å². The minimum absolute atomic E-state index is 0.0581. The zero-order valence-electron chi connectivity index (χ0n) is 28.3. The van der Waals surface area contributed by atoms with Gasteiger partial charge in [0.1, 0.15) is 17.8 Å². The van der Waals surface area contributed by atoms with Crippen LogP contribution in [0.4, 0.5) is 0 Å². The summed E-state index contributed by atoms with van der Waals surface area (Å²) in [6.07, 6.45) is -3.72. The molecule has 10 nitrogen and oxygen atoms in total. The number of hydrogen-bond acceptors (Lipinski definition) is 10. The second kappa shape index (κ2) is 13.3. The van der Waals surface area contributed by atoms with Crippen LogP contribution in [-0.4, -0.2) is 84.1 Å². The van der Waals surface area contributed by atoms with Crippen LogP contribution < -0.4 is 0 Å². The molecule has 1 aromatic rings. The third-order valence-corrected chi connectivity index (χ3v) is 15.4. The van der Waals surface area contributed by atoms with E-state index in [1.54, 1.807) is 58.0 Å². The first-order valence-corrected chi connectivity index (χ1v) is 18.9. The van der Waals surface area contributed by atoms with Crippen LogP contribution in [0.25, 0.3) is 0 Å². The number of ether oxygens (including phenoxy) is 3. The number of fused-ring (bicyclic) bond motifs is 2. The van der Waals surface area contributed by atoms with Crippen LogP contribution in [0, 0.1) is 11.3 Å². The van der Waals surface area contributed by atoms with E-state index in [1.807, 2.05) is 20.8 Å². The van der Waals surface area contributed by atoms with Crippen molar-refractivity contribution < 1.29 is 48.3 Å². The molecule has 1 heterocycles. The molecule has 1 aliphatic heterocycles. The molecule has 11 heteroatoms. The van der Waals surface area contributed by atoms with Crippen LogP contribution >= 0.6 is 0 Å². The molecule has 1 fully saturated rings. The number of esters is 2. The molecule has 6 atom stereocenters.